The Labute approximate surface area is 169 Å². The van der Waals surface area contributed by atoms with Crippen LogP contribution in [0.5, 0.6) is 5.75 Å². The number of fused-ring (bicyclic) bond motifs is 1. The molecule has 5 nitrogen and oxygen atoms in total. The van der Waals surface area contributed by atoms with E-state index >= 15 is 0 Å². The van der Waals surface area contributed by atoms with Gasteiger partial charge in [0.15, 0.2) is 11.6 Å². The van der Waals surface area contributed by atoms with Gasteiger partial charge in [-0.05, 0) is 43.0 Å². The van der Waals surface area contributed by atoms with Crippen molar-refractivity contribution in [1.82, 2.24) is 9.78 Å². The van der Waals surface area contributed by atoms with Crippen LogP contribution < -0.4 is 5.32 Å². The lowest BCUT2D eigenvalue weighted by molar-refractivity contribution is -0.0476. The lowest BCUT2D eigenvalue weighted by Crippen LogP contribution is -2.28. The number of benzene rings is 2. The minimum atomic E-state index is -2.67. The molecule has 2 N–H and O–H groups in total. The predicted octanol–water partition coefficient (Wildman–Crippen LogP) is 5.10. The van der Waals surface area contributed by atoms with Crippen molar-refractivity contribution in [2.24, 2.45) is 5.92 Å². The quantitative estimate of drug-likeness (QED) is 0.576. The lowest BCUT2D eigenvalue weighted by Gasteiger charge is -2.28. The molecule has 0 radical (unpaired) electrons. The van der Waals surface area contributed by atoms with E-state index in [0.29, 0.717) is 18.2 Å². The third-order valence-corrected chi connectivity index (χ3v) is 5.39. The van der Waals surface area contributed by atoms with Gasteiger partial charge in [-0.2, -0.15) is 5.10 Å². The zero-order chi connectivity index (χ0) is 21.5. The second-order valence-corrected chi connectivity index (χ2v) is 7.61. The molecule has 1 aliphatic carbocycles. The first-order valence-electron chi connectivity index (χ1n) is 9.56. The maximum absolute atomic E-state index is 13.7. The van der Waals surface area contributed by atoms with Crippen molar-refractivity contribution < 1.29 is 27.5 Å². The van der Waals surface area contributed by atoms with Gasteiger partial charge in [0.1, 0.15) is 11.5 Å². The van der Waals surface area contributed by atoms with Crippen molar-refractivity contribution in [3.8, 4) is 5.75 Å². The van der Waals surface area contributed by atoms with Crippen molar-refractivity contribution in [2.75, 3.05) is 5.32 Å². The highest BCUT2D eigenvalue weighted by Crippen LogP contribution is 2.37. The van der Waals surface area contributed by atoms with Crippen molar-refractivity contribution in [1.29, 1.82) is 0 Å². The summed E-state index contributed by atoms with van der Waals surface area (Å²) < 4.78 is 55.3. The van der Waals surface area contributed by atoms with Gasteiger partial charge in [-0.25, -0.2) is 17.6 Å². The van der Waals surface area contributed by atoms with Crippen LogP contribution in [-0.2, 0) is 6.54 Å². The Morgan fingerprint density at radius 2 is 1.90 bits per heavy atom. The van der Waals surface area contributed by atoms with Gasteiger partial charge >= 0.3 is 0 Å². The Morgan fingerprint density at radius 1 is 1.17 bits per heavy atom. The Kier molecular flexibility index (Phi) is 5.13. The summed E-state index contributed by atoms with van der Waals surface area (Å²) in [6, 6.07) is 7.20. The number of carbonyl (C=O) groups excluding carboxylic acids is 1. The van der Waals surface area contributed by atoms with Crippen LogP contribution in [0.25, 0.3) is 10.9 Å². The average Bonchev–Trinajstić information content (AvgIpc) is 3.03. The van der Waals surface area contributed by atoms with Gasteiger partial charge in [0.05, 0.1) is 5.52 Å². The van der Waals surface area contributed by atoms with E-state index in [2.05, 4.69) is 10.4 Å². The highest BCUT2D eigenvalue weighted by atomic mass is 19.3. The molecule has 1 aliphatic rings. The second kappa shape index (κ2) is 7.62. The first-order chi connectivity index (χ1) is 14.2. The molecule has 9 heteroatoms. The van der Waals surface area contributed by atoms with E-state index in [0.717, 1.165) is 12.1 Å². The molecule has 0 spiro atoms. The molecule has 1 heterocycles. The third-order valence-electron chi connectivity index (χ3n) is 5.39. The molecule has 30 heavy (non-hydrogen) atoms. The number of rotatable bonds is 4. The van der Waals surface area contributed by atoms with E-state index in [1.807, 2.05) is 0 Å². The molecular formula is C21H19F4N3O2. The molecule has 0 bridgehead atoms. The summed E-state index contributed by atoms with van der Waals surface area (Å²) in [5.41, 5.74) is 0.577. The fraction of sp³-hybridized carbons (Fsp3) is 0.333. The Morgan fingerprint density at radius 3 is 2.60 bits per heavy atom. The van der Waals surface area contributed by atoms with Crippen LogP contribution in [0, 0.1) is 17.6 Å². The number of nitrogens with zero attached hydrogens (tertiary/aromatic N) is 2. The summed E-state index contributed by atoms with van der Waals surface area (Å²) in [4.78, 5) is 13.0. The number of phenolic OH excluding ortho intramolecular Hbond substituents is 1. The van der Waals surface area contributed by atoms with Crippen molar-refractivity contribution in [3.05, 3.63) is 53.7 Å². The number of carbonyl (C=O) groups is 1. The summed E-state index contributed by atoms with van der Waals surface area (Å²) in [5, 5.41) is 16.8. The van der Waals surface area contributed by atoms with E-state index in [9.17, 15) is 27.5 Å². The van der Waals surface area contributed by atoms with Gasteiger partial charge in [0, 0.05) is 42.6 Å². The Balaban J connectivity index is 1.65. The Bertz CT molecular complexity index is 1100. The van der Waals surface area contributed by atoms with Gasteiger partial charge < -0.3 is 10.4 Å². The van der Waals surface area contributed by atoms with E-state index in [1.165, 1.54) is 28.9 Å². The molecule has 0 unspecified atom stereocenters. The zero-order valence-electron chi connectivity index (χ0n) is 15.8. The number of aromatic hydroxyl groups is 1. The van der Waals surface area contributed by atoms with Crippen molar-refractivity contribution in [3.63, 3.8) is 0 Å². The van der Waals surface area contributed by atoms with E-state index < -0.39 is 29.2 Å². The largest absolute Gasteiger partial charge is 0.505 e. The number of aromatic nitrogens is 2. The standard InChI is InChI=1S/C21H19F4N3O2/c22-13-1-3-15-17(9-13)27-28(11-12-5-7-21(24,25)8-6-12)19(15)20(30)26-14-2-4-16(23)18(29)10-14/h1-4,9-10,12,29H,5-8,11H2,(H,26,30). The number of alkyl halides is 2. The predicted molar refractivity (Wildman–Crippen MR) is 103 cm³/mol. The Hall–Kier alpha value is -3.10. The number of nitrogens with one attached hydrogen (secondary N) is 1. The van der Waals surface area contributed by atoms with E-state index in [1.54, 1.807) is 0 Å². The third kappa shape index (κ3) is 4.10. The maximum Gasteiger partial charge on any atom is 0.274 e. The molecule has 3 aromatic rings. The highest BCUT2D eigenvalue weighted by Gasteiger charge is 2.35. The van der Waals surface area contributed by atoms with E-state index in [-0.39, 0.29) is 42.2 Å². The molecule has 1 aromatic heterocycles. The number of hydrogen-bond donors (Lipinski definition) is 2. The van der Waals surface area contributed by atoms with Crippen molar-refractivity contribution in [2.45, 2.75) is 38.2 Å². The summed E-state index contributed by atoms with van der Waals surface area (Å²) >= 11 is 0. The van der Waals surface area contributed by atoms with Gasteiger partial charge in [-0.15, -0.1) is 0 Å². The van der Waals surface area contributed by atoms with Gasteiger partial charge in [0.2, 0.25) is 5.92 Å². The molecule has 1 saturated carbocycles. The highest BCUT2D eigenvalue weighted by molar-refractivity contribution is 6.11. The average molecular weight is 421 g/mol. The normalized spacial score (nSPS) is 16.7. The molecule has 2 aromatic carbocycles. The van der Waals surface area contributed by atoms with Crippen LogP contribution in [0.4, 0.5) is 23.2 Å². The fourth-order valence-electron chi connectivity index (χ4n) is 3.79. The van der Waals surface area contributed by atoms with Gasteiger partial charge in [0.25, 0.3) is 5.91 Å². The summed E-state index contributed by atoms with van der Waals surface area (Å²) in [7, 11) is 0. The van der Waals surface area contributed by atoms with Crippen LogP contribution in [0.1, 0.15) is 36.2 Å². The summed E-state index contributed by atoms with van der Waals surface area (Å²) in [6.07, 6.45) is 0.155. The maximum atomic E-state index is 13.7. The molecule has 0 aliphatic heterocycles. The number of amides is 1. The molecule has 158 valence electrons. The zero-order valence-corrected chi connectivity index (χ0v) is 15.8. The number of hydrogen-bond acceptors (Lipinski definition) is 3. The SMILES string of the molecule is O=C(Nc1ccc(F)c(O)c1)c1c2ccc(F)cc2nn1CC1CCC(F)(F)CC1. The minimum absolute atomic E-state index is 0.0924. The lowest BCUT2D eigenvalue weighted by atomic mass is 9.87. The van der Waals surface area contributed by atoms with Crippen molar-refractivity contribution >= 4 is 22.5 Å². The fourth-order valence-corrected chi connectivity index (χ4v) is 3.79. The van der Waals surface area contributed by atoms with Crippen LogP contribution >= 0.6 is 0 Å². The number of halogens is 4. The van der Waals surface area contributed by atoms with Gasteiger partial charge in [-0.3, -0.25) is 9.48 Å². The van der Waals surface area contributed by atoms with Gasteiger partial charge in [-0.1, -0.05) is 0 Å². The van der Waals surface area contributed by atoms with Crippen LogP contribution in [-0.4, -0.2) is 26.7 Å². The van der Waals surface area contributed by atoms with E-state index in [4.69, 9.17) is 0 Å². The van der Waals surface area contributed by atoms with Crippen LogP contribution in [0.2, 0.25) is 0 Å². The first kappa shape index (κ1) is 20.2. The smallest absolute Gasteiger partial charge is 0.274 e. The van der Waals surface area contributed by atoms with Crippen LogP contribution in [0.15, 0.2) is 36.4 Å². The number of anilines is 1. The first-order valence-corrected chi connectivity index (χ1v) is 9.56. The molecule has 0 saturated heterocycles. The molecule has 0 atom stereocenters. The monoisotopic (exact) mass is 421 g/mol. The summed E-state index contributed by atoms with van der Waals surface area (Å²) in [6.45, 7) is 0.240. The number of phenols is 1. The molecule has 1 amide bonds. The second-order valence-electron chi connectivity index (χ2n) is 7.61. The minimum Gasteiger partial charge on any atom is -0.505 e. The molecule has 4 rings (SSSR count). The molecule has 1 fully saturated rings. The molecular weight excluding hydrogens is 402 g/mol. The summed E-state index contributed by atoms with van der Waals surface area (Å²) in [5.74, 6) is -5.30. The van der Waals surface area contributed by atoms with Crippen LogP contribution in [0.3, 0.4) is 0 Å². The topological polar surface area (TPSA) is 67.2 Å².